The summed E-state index contributed by atoms with van der Waals surface area (Å²) in [6.07, 6.45) is 0.173. The molecule has 3 aromatic carbocycles. The fourth-order valence-electron chi connectivity index (χ4n) is 2.96. The van der Waals surface area contributed by atoms with Crippen LogP contribution >= 0.6 is 0 Å². The fourth-order valence-corrected chi connectivity index (χ4v) is 2.96. The molecule has 136 valence electrons. The molecular weight excluding hydrogens is 344 g/mol. The summed E-state index contributed by atoms with van der Waals surface area (Å²) >= 11 is 0. The standard InChI is InChI=1S/C21H18N2O4/c24-20(12-14-5-6-15-3-1-2-4-16(15)11-14)22-23-21(25)17-7-8-18-19(13-17)27-10-9-26-18/h1-8,11,13H,9-10,12H2,(H,22,24)(H,23,25). The number of hydrogen-bond acceptors (Lipinski definition) is 4. The minimum atomic E-state index is -0.418. The third kappa shape index (κ3) is 3.84. The van der Waals surface area contributed by atoms with E-state index in [1.54, 1.807) is 18.2 Å². The van der Waals surface area contributed by atoms with Gasteiger partial charge >= 0.3 is 0 Å². The molecule has 0 spiro atoms. The number of fused-ring (bicyclic) bond motifs is 2. The summed E-state index contributed by atoms with van der Waals surface area (Å²) in [6, 6.07) is 18.7. The van der Waals surface area contributed by atoms with Crippen LogP contribution in [0.25, 0.3) is 10.8 Å². The van der Waals surface area contributed by atoms with Crippen LogP contribution in [0.2, 0.25) is 0 Å². The zero-order chi connectivity index (χ0) is 18.6. The van der Waals surface area contributed by atoms with E-state index in [9.17, 15) is 9.59 Å². The third-order valence-electron chi connectivity index (χ3n) is 4.30. The van der Waals surface area contributed by atoms with Crippen LogP contribution < -0.4 is 20.3 Å². The quantitative estimate of drug-likeness (QED) is 0.702. The Balaban J connectivity index is 1.36. The molecule has 2 N–H and O–H groups in total. The molecule has 1 aliphatic heterocycles. The Morgan fingerprint density at radius 3 is 2.44 bits per heavy atom. The minimum absolute atomic E-state index is 0.173. The second-order valence-corrected chi connectivity index (χ2v) is 6.22. The first-order valence-electron chi connectivity index (χ1n) is 8.65. The molecule has 4 rings (SSSR count). The summed E-state index contributed by atoms with van der Waals surface area (Å²) < 4.78 is 10.9. The maximum atomic E-state index is 12.2. The van der Waals surface area contributed by atoms with Crippen molar-refractivity contribution < 1.29 is 19.1 Å². The van der Waals surface area contributed by atoms with Crippen molar-refractivity contribution in [3.05, 3.63) is 71.8 Å². The van der Waals surface area contributed by atoms with Gasteiger partial charge in [-0.05, 0) is 34.5 Å². The average molecular weight is 362 g/mol. The number of carbonyl (C=O) groups is 2. The van der Waals surface area contributed by atoms with Gasteiger partial charge in [0.25, 0.3) is 5.91 Å². The predicted molar refractivity (Wildman–Crippen MR) is 101 cm³/mol. The zero-order valence-electron chi connectivity index (χ0n) is 14.5. The van der Waals surface area contributed by atoms with E-state index in [4.69, 9.17) is 9.47 Å². The lowest BCUT2D eigenvalue weighted by Gasteiger charge is -2.18. The molecule has 0 aromatic heterocycles. The molecule has 0 radical (unpaired) electrons. The van der Waals surface area contributed by atoms with Crippen molar-refractivity contribution in [3.63, 3.8) is 0 Å². The van der Waals surface area contributed by atoms with Crippen LogP contribution in [-0.2, 0) is 11.2 Å². The molecule has 1 heterocycles. The number of rotatable bonds is 3. The van der Waals surface area contributed by atoms with Crippen LogP contribution in [0.4, 0.5) is 0 Å². The smallest absolute Gasteiger partial charge is 0.269 e. The van der Waals surface area contributed by atoms with Crippen molar-refractivity contribution in [3.8, 4) is 11.5 Å². The van der Waals surface area contributed by atoms with E-state index in [2.05, 4.69) is 10.9 Å². The molecule has 1 aliphatic rings. The third-order valence-corrected chi connectivity index (χ3v) is 4.30. The Hall–Kier alpha value is -3.54. The van der Waals surface area contributed by atoms with Crippen LogP contribution in [0.3, 0.4) is 0 Å². The summed E-state index contributed by atoms with van der Waals surface area (Å²) in [5.41, 5.74) is 6.13. The van der Waals surface area contributed by atoms with E-state index in [-0.39, 0.29) is 12.3 Å². The Kier molecular flexibility index (Phi) is 4.61. The Morgan fingerprint density at radius 2 is 1.59 bits per heavy atom. The van der Waals surface area contributed by atoms with Crippen molar-refractivity contribution in [1.29, 1.82) is 0 Å². The monoisotopic (exact) mass is 362 g/mol. The number of ether oxygens (including phenoxy) is 2. The largest absolute Gasteiger partial charge is 0.486 e. The van der Waals surface area contributed by atoms with E-state index >= 15 is 0 Å². The van der Waals surface area contributed by atoms with E-state index in [0.29, 0.717) is 30.3 Å². The Bertz CT molecular complexity index is 1020. The molecule has 0 saturated heterocycles. The first-order valence-corrected chi connectivity index (χ1v) is 8.65. The highest BCUT2D eigenvalue weighted by Gasteiger charge is 2.15. The molecule has 6 heteroatoms. The van der Waals surface area contributed by atoms with Gasteiger partial charge in [-0.2, -0.15) is 0 Å². The van der Waals surface area contributed by atoms with Crippen molar-refractivity contribution in [2.24, 2.45) is 0 Å². The first-order chi connectivity index (χ1) is 13.2. The molecule has 0 aliphatic carbocycles. The molecule has 0 unspecified atom stereocenters. The molecule has 0 saturated carbocycles. The highest BCUT2D eigenvalue weighted by atomic mass is 16.6. The fraction of sp³-hybridized carbons (Fsp3) is 0.143. The topological polar surface area (TPSA) is 76.7 Å². The maximum Gasteiger partial charge on any atom is 0.269 e. The van der Waals surface area contributed by atoms with Gasteiger partial charge in [-0.25, -0.2) is 0 Å². The molecule has 27 heavy (non-hydrogen) atoms. The van der Waals surface area contributed by atoms with Crippen molar-refractivity contribution in [2.45, 2.75) is 6.42 Å². The van der Waals surface area contributed by atoms with Crippen molar-refractivity contribution in [1.82, 2.24) is 10.9 Å². The number of carbonyl (C=O) groups excluding carboxylic acids is 2. The Morgan fingerprint density at radius 1 is 0.815 bits per heavy atom. The summed E-state index contributed by atoms with van der Waals surface area (Å²) in [7, 11) is 0. The van der Waals surface area contributed by atoms with Gasteiger partial charge in [0, 0.05) is 5.56 Å². The zero-order valence-corrected chi connectivity index (χ0v) is 14.5. The first kappa shape index (κ1) is 16.9. The molecule has 6 nitrogen and oxygen atoms in total. The van der Waals surface area contributed by atoms with Crippen LogP contribution in [0.15, 0.2) is 60.7 Å². The highest BCUT2D eigenvalue weighted by molar-refractivity contribution is 5.96. The maximum absolute atomic E-state index is 12.2. The number of nitrogens with one attached hydrogen (secondary N) is 2. The lowest BCUT2D eigenvalue weighted by molar-refractivity contribution is -0.121. The lowest BCUT2D eigenvalue weighted by Crippen LogP contribution is -2.42. The van der Waals surface area contributed by atoms with Gasteiger partial charge in [0.05, 0.1) is 6.42 Å². The van der Waals surface area contributed by atoms with Crippen LogP contribution in [0, 0.1) is 0 Å². The van der Waals surface area contributed by atoms with Gasteiger partial charge < -0.3 is 9.47 Å². The number of hydrogen-bond donors (Lipinski definition) is 2. The molecule has 2 amide bonds. The Labute approximate surface area is 156 Å². The molecule has 0 bridgehead atoms. The number of hydrazine groups is 1. The molecular formula is C21H18N2O4. The van der Waals surface area contributed by atoms with Crippen LogP contribution in [0.5, 0.6) is 11.5 Å². The van der Waals surface area contributed by atoms with Gasteiger partial charge in [-0.15, -0.1) is 0 Å². The number of benzene rings is 3. The SMILES string of the molecule is O=C(Cc1ccc2ccccc2c1)NNC(=O)c1ccc2c(c1)OCCO2. The molecule has 0 atom stereocenters. The summed E-state index contributed by atoms with van der Waals surface area (Å²) in [5.74, 6) is 0.421. The molecule has 3 aromatic rings. The normalized spacial score (nSPS) is 12.4. The number of amides is 2. The van der Waals surface area contributed by atoms with Gasteiger partial charge in [0.2, 0.25) is 5.91 Å². The predicted octanol–water partition coefficient (Wildman–Crippen LogP) is 2.61. The van der Waals surface area contributed by atoms with E-state index in [1.807, 2.05) is 42.5 Å². The van der Waals surface area contributed by atoms with Crippen molar-refractivity contribution >= 4 is 22.6 Å². The average Bonchev–Trinajstić information content (AvgIpc) is 2.71. The molecule has 0 fully saturated rings. The second-order valence-electron chi connectivity index (χ2n) is 6.22. The van der Waals surface area contributed by atoms with Crippen LogP contribution in [-0.4, -0.2) is 25.0 Å². The van der Waals surface area contributed by atoms with Crippen LogP contribution in [0.1, 0.15) is 15.9 Å². The van der Waals surface area contributed by atoms with Gasteiger partial charge in [0.1, 0.15) is 13.2 Å². The summed E-state index contributed by atoms with van der Waals surface area (Å²) in [6.45, 7) is 0.934. The lowest BCUT2D eigenvalue weighted by atomic mass is 10.1. The van der Waals surface area contributed by atoms with Crippen molar-refractivity contribution in [2.75, 3.05) is 13.2 Å². The highest BCUT2D eigenvalue weighted by Crippen LogP contribution is 2.30. The van der Waals surface area contributed by atoms with E-state index in [0.717, 1.165) is 16.3 Å². The summed E-state index contributed by atoms with van der Waals surface area (Å²) in [5, 5.41) is 2.19. The van der Waals surface area contributed by atoms with E-state index in [1.165, 1.54) is 0 Å². The second kappa shape index (κ2) is 7.37. The van der Waals surface area contributed by atoms with E-state index < -0.39 is 5.91 Å². The van der Waals surface area contributed by atoms with Gasteiger partial charge in [0.15, 0.2) is 11.5 Å². The summed E-state index contributed by atoms with van der Waals surface area (Å²) in [4.78, 5) is 24.4. The minimum Gasteiger partial charge on any atom is -0.486 e. The van der Waals surface area contributed by atoms with Gasteiger partial charge in [-0.1, -0.05) is 42.5 Å². The van der Waals surface area contributed by atoms with Gasteiger partial charge in [-0.3, -0.25) is 20.4 Å².